The Kier molecular flexibility index (Phi) is 4.84. The molecule has 0 aliphatic heterocycles. The van der Waals surface area contributed by atoms with Gasteiger partial charge in [-0.1, -0.05) is 21.3 Å². The molecule has 0 spiro atoms. The van der Waals surface area contributed by atoms with E-state index >= 15 is 0 Å². The quantitative estimate of drug-likeness (QED) is 0.643. The normalized spacial score (nSPS) is 8.86. The first-order valence-corrected chi connectivity index (χ1v) is 4.55. The van der Waals surface area contributed by atoms with Crippen LogP contribution >= 0.6 is 0 Å². The van der Waals surface area contributed by atoms with Crippen LogP contribution in [0.4, 0.5) is 0 Å². The summed E-state index contributed by atoms with van der Waals surface area (Å²) in [6.45, 7) is 7.93. The molecular weight excluding hydrogens is 174 g/mol. The molecule has 0 aromatic carbocycles. The van der Waals surface area contributed by atoms with E-state index in [1.807, 2.05) is 46.0 Å². The molecule has 2 rings (SSSR count). The van der Waals surface area contributed by atoms with Crippen LogP contribution in [-0.4, -0.2) is 14.6 Å². The molecule has 0 radical (unpaired) electrons. The van der Waals surface area contributed by atoms with Crippen LogP contribution in [0.15, 0.2) is 18.3 Å². The first-order chi connectivity index (χ1) is 6.25. The second-order valence-electron chi connectivity index (χ2n) is 2.66. The molecule has 0 amide bonds. The maximum Gasteiger partial charge on any atom is 0.153 e. The summed E-state index contributed by atoms with van der Waals surface area (Å²) in [6.07, 6.45) is 1.92. The molecule has 3 heteroatoms. The van der Waals surface area contributed by atoms with Gasteiger partial charge in [-0.3, -0.25) is 0 Å². The zero-order chi connectivity index (χ0) is 9.84. The molecule has 0 bridgehead atoms. The highest BCUT2D eigenvalue weighted by Crippen LogP contribution is 2.02. The third-order valence-corrected chi connectivity index (χ3v) is 1.57. The molecule has 2 heterocycles. The molecule has 0 fully saturated rings. The third kappa shape index (κ3) is 2.55. The SMILES string of the molecule is C.CC.Cc1cn2nc(C)ccc2n1. The first kappa shape index (κ1) is 12.6. The molecule has 0 N–H and O–H groups in total. The second-order valence-corrected chi connectivity index (χ2v) is 2.66. The fourth-order valence-corrected chi connectivity index (χ4v) is 1.10. The summed E-state index contributed by atoms with van der Waals surface area (Å²) in [7, 11) is 0. The Morgan fingerprint density at radius 2 is 1.71 bits per heavy atom. The van der Waals surface area contributed by atoms with Gasteiger partial charge in [0.2, 0.25) is 0 Å². The molecule has 2 aromatic rings. The van der Waals surface area contributed by atoms with E-state index < -0.39 is 0 Å². The lowest BCUT2D eigenvalue weighted by Crippen LogP contribution is -1.91. The number of aryl methyl sites for hydroxylation is 2. The van der Waals surface area contributed by atoms with E-state index in [2.05, 4.69) is 10.1 Å². The van der Waals surface area contributed by atoms with E-state index in [1.165, 1.54) is 0 Å². The van der Waals surface area contributed by atoms with Crippen LogP contribution in [0.1, 0.15) is 32.7 Å². The van der Waals surface area contributed by atoms with Gasteiger partial charge in [-0.2, -0.15) is 5.10 Å². The van der Waals surface area contributed by atoms with Crippen molar-refractivity contribution >= 4 is 5.65 Å². The highest BCUT2D eigenvalue weighted by molar-refractivity contribution is 5.37. The topological polar surface area (TPSA) is 30.2 Å². The standard InChI is InChI=1S/C8H9N3.C2H6.CH4/c1-6-3-4-8-9-7(2)5-11(8)10-6;1-2;/h3-5H,1-2H3;1-2H3;1H4. The summed E-state index contributed by atoms with van der Waals surface area (Å²) >= 11 is 0. The van der Waals surface area contributed by atoms with Crippen molar-refractivity contribution < 1.29 is 0 Å². The van der Waals surface area contributed by atoms with E-state index in [4.69, 9.17) is 0 Å². The van der Waals surface area contributed by atoms with Crippen LogP contribution in [0.2, 0.25) is 0 Å². The van der Waals surface area contributed by atoms with Crippen LogP contribution in [0.3, 0.4) is 0 Å². The van der Waals surface area contributed by atoms with Crippen molar-refractivity contribution in [2.45, 2.75) is 35.1 Å². The molecule has 3 nitrogen and oxygen atoms in total. The van der Waals surface area contributed by atoms with Crippen LogP contribution in [-0.2, 0) is 0 Å². The van der Waals surface area contributed by atoms with Crippen molar-refractivity contribution in [2.24, 2.45) is 0 Å². The zero-order valence-corrected chi connectivity index (χ0v) is 8.57. The molecule has 14 heavy (non-hydrogen) atoms. The van der Waals surface area contributed by atoms with E-state index in [-0.39, 0.29) is 7.43 Å². The van der Waals surface area contributed by atoms with Crippen molar-refractivity contribution in [3.8, 4) is 0 Å². The Hall–Kier alpha value is -1.38. The van der Waals surface area contributed by atoms with Gasteiger partial charge in [0.05, 0.1) is 17.6 Å². The predicted octanol–water partition coefficient (Wildman–Crippen LogP) is 3.01. The molecule has 0 saturated carbocycles. The average Bonchev–Trinajstić information content (AvgIpc) is 2.48. The Labute approximate surface area is 85.8 Å². The Morgan fingerprint density at radius 3 is 2.36 bits per heavy atom. The van der Waals surface area contributed by atoms with Crippen molar-refractivity contribution in [1.29, 1.82) is 0 Å². The van der Waals surface area contributed by atoms with Crippen LogP contribution < -0.4 is 0 Å². The average molecular weight is 193 g/mol. The molecule has 78 valence electrons. The number of fused-ring (bicyclic) bond motifs is 1. The molecule has 2 aromatic heterocycles. The number of hydrogen-bond acceptors (Lipinski definition) is 2. The van der Waals surface area contributed by atoms with Crippen molar-refractivity contribution in [3.05, 3.63) is 29.7 Å². The second kappa shape index (κ2) is 5.37. The van der Waals surface area contributed by atoms with E-state index in [9.17, 15) is 0 Å². The van der Waals surface area contributed by atoms with Gasteiger partial charge in [-0.05, 0) is 26.0 Å². The largest absolute Gasteiger partial charge is 0.232 e. The molecule has 0 aliphatic rings. The number of rotatable bonds is 0. The first-order valence-electron chi connectivity index (χ1n) is 4.55. The molecule has 0 saturated heterocycles. The number of nitrogens with zero attached hydrogens (tertiary/aromatic N) is 3. The highest BCUT2D eigenvalue weighted by Gasteiger charge is 1.96. The molecule has 0 unspecified atom stereocenters. The minimum Gasteiger partial charge on any atom is -0.232 e. The minimum absolute atomic E-state index is 0. The Bertz CT molecular complexity index is 390. The van der Waals surface area contributed by atoms with Crippen LogP contribution in [0.25, 0.3) is 5.65 Å². The summed E-state index contributed by atoms with van der Waals surface area (Å²) in [6, 6.07) is 3.93. The molecule has 0 aliphatic carbocycles. The van der Waals surface area contributed by atoms with E-state index in [0.717, 1.165) is 17.0 Å². The molecular formula is C11H19N3. The Morgan fingerprint density at radius 1 is 1.07 bits per heavy atom. The van der Waals surface area contributed by atoms with Crippen molar-refractivity contribution in [1.82, 2.24) is 14.6 Å². The summed E-state index contributed by atoms with van der Waals surface area (Å²) in [5.74, 6) is 0. The van der Waals surface area contributed by atoms with Crippen molar-refractivity contribution in [3.63, 3.8) is 0 Å². The monoisotopic (exact) mass is 193 g/mol. The summed E-state index contributed by atoms with van der Waals surface area (Å²) in [5.41, 5.74) is 2.92. The number of aromatic nitrogens is 3. The minimum atomic E-state index is 0. The van der Waals surface area contributed by atoms with Crippen molar-refractivity contribution in [2.75, 3.05) is 0 Å². The van der Waals surface area contributed by atoms with Gasteiger partial charge in [0, 0.05) is 0 Å². The number of imidazole rings is 1. The maximum atomic E-state index is 4.25. The van der Waals surface area contributed by atoms with Gasteiger partial charge in [-0.25, -0.2) is 9.50 Å². The van der Waals surface area contributed by atoms with Crippen LogP contribution in [0.5, 0.6) is 0 Å². The predicted molar refractivity (Wildman–Crippen MR) is 60.5 cm³/mol. The van der Waals surface area contributed by atoms with Gasteiger partial charge in [0.25, 0.3) is 0 Å². The lowest BCUT2D eigenvalue weighted by Gasteiger charge is -1.91. The third-order valence-electron chi connectivity index (χ3n) is 1.57. The summed E-state index contributed by atoms with van der Waals surface area (Å²) in [5, 5.41) is 4.25. The van der Waals surface area contributed by atoms with Gasteiger partial charge >= 0.3 is 0 Å². The fourth-order valence-electron chi connectivity index (χ4n) is 1.10. The molecule has 0 atom stereocenters. The van der Waals surface area contributed by atoms with Gasteiger partial charge in [-0.15, -0.1) is 0 Å². The number of hydrogen-bond donors (Lipinski definition) is 0. The van der Waals surface area contributed by atoms with Gasteiger partial charge < -0.3 is 0 Å². The van der Waals surface area contributed by atoms with Gasteiger partial charge in [0.1, 0.15) is 0 Å². The summed E-state index contributed by atoms with van der Waals surface area (Å²) in [4.78, 5) is 4.25. The smallest absolute Gasteiger partial charge is 0.153 e. The summed E-state index contributed by atoms with van der Waals surface area (Å²) < 4.78 is 1.80. The van der Waals surface area contributed by atoms with Gasteiger partial charge in [0.15, 0.2) is 5.65 Å². The fraction of sp³-hybridized carbons (Fsp3) is 0.455. The lowest BCUT2D eigenvalue weighted by atomic mass is 10.4. The lowest BCUT2D eigenvalue weighted by molar-refractivity contribution is 0.900. The van der Waals surface area contributed by atoms with E-state index in [0.29, 0.717) is 0 Å². The van der Waals surface area contributed by atoms with E-state index in [1.54, 1.807) is 4.52 Å². The zero-order valence-electron chi connectivity index (χ0n) is 8.57. The highest BCUT2D eigenvalue weighted by atomic mass is 15.2. The van der Waals surface area contributed by atoms with Crippen LogP contribution in [0, 0.1) is 13.8 Å². The Balaban J connectivity index is 0.000000531. The maximum absolute atomic E-state index is 4.25.